The second-order valence-corrected chi connectivity index (χ2v) is 5.87. The van der Waals surface area contributed by atoms with Gasteiger partial charge in [0, 0.05) is 23.0 Å². The van der Waals surface area contributed by atoms with Gasteiger partial charge in [0.05, 0.1) is 13.7 Å². The van der Waals surface area contributed by atoms with Crippen molar-refractivity contribution in [1.29, 1.82) is 0 Å². The summed E-state index contributed by atoms with van der Waals surface area (Å²) < 4.78 is 11.0. The molecule has 1 atom stereocenters. The molecule has 0 saturated carbocycles. The van der Waals surface area contributed by atoms with Crippen molar-refractivity contribution >= 4 is 10.9 Å². The van der Waals surface area contributed by atoms with Gasteiger partial charge in [0.2, 0.25) is 0 Å². The molecule has 4 heteroatoms. The van der Waals surface area contributed by atoms with E-state index >= 15 is 0 Å². The van der Waals surface area contributed by atoms with Crippen LogP contribution in [0.5, 0.6) is 11.5 Å². The lowest BCUT2D eigenvalue weighted by atomic mass is 9.91. The van der Waals surface area contributed by atoms with Gasteiger partial charge in [-0.2, -0.15) is 0 Å². The van der Waals surface area contributed by atoms with Crippen molar-refractivity contribution in [2.75, 3.05) is 20.3 Å². The standard InChI is InChI=1S/C20H24N2O2/c1-3-24-17-6-4-5-14(10-17)9-15(12-21)19-13-22-20-8-7-16(23-2)11-18(19)20/h4-8,10-11,13,15,22H,3,9,12,21H2,1-2H3. The van der Waals surface area contributed by atoms with Gasteiger partial charge >= 0.3 is 0 Å². The zero-order valence-electron chi connectivity index (χ0n) is 14.2. The third kappa shape index (κ3) is 3.39. The summed E-state index contributed by atoms with van der Waals surface area (Å²) in [5, 5.41) is 1.17. The number of nitrogens with one attached hydrogen (secondary N) is 1. The predicted octanol–water partition coefficient (Wildman–Crippen LogP) is 3.86. The molecule has 0 saturated heterocycles. The number of hydrogen-bond donors (Lipinski definition) is 2. The van der Waals surface area contributed by atoms with E-state index in [1.807, 2.05) is 31.2 Å². The average Bonchev–Trinajstić information content (AvgIpc) is 3.03. The Labute approximate surface area is 142 Å². The van der Waals surface area contributed by atoms with Crippen LogP contribution in [-0.2, 0) is 6.42 Å². The molecule has 0 aliphatic carbocycles. The van der Waals surface area contributed by atoms with Crippen LogP contribution in [0, 0.1) is 0 Å². The molecule has 0 spiro atoms. The molecule has 3 aromatic rings. The summed E-state index contributed by atoms with van der Waals surface area (Å²) in [6.07, 6.45) is 2.94. The molecular weight excluding hydrogens is 300 g/mol. The summed E-state index contributed by atoms with van der Waals surface area (Å²) in [4.78, 5) is 3.34. The number of hydrogen-bond acceptors (Lipinski definition) is 3. The van der Waals surface area contributed by atoms with Gasteiger partial charge in [0.15, 0.2) is 0 Å². The highest BCUT2D eigenvalue weighted by Gasteiger charge is 2.16. The molecule has 0 radical (unpaired) electrons. The fraction of sp³-hybridized carbons (Fsp3) is 0.300. The third-order valence-corrected chi connectivity index (χ3v) is 4.34. The smallest absolute Gasteiger partial charge is 0.119 e. The van der Waals surface area contributed by atoms with Crippen molar-refractivity contribution in [3.8, 4) is 11.5 Å². The summed E-state index contributed by atoms with van der Waals surface area (Å²) in [6.45, 7) is 3.25. The Morgan fingerprint density at radius 3 is 2.75 bits per heavy atom. The molecule has 4 nitrogen and oxygen atoms in total. The van der Waals surface area contributed by atoms with Crippen LogP contribution in [0.3, 0.4) is 0 Å². The second-order valence-electron chi connectivity index (χ2n) is 5.87. The maximum atomic E-state index is 6.09. The van der Waals surface area contributed by atoms with E-state index in [-0.39, 0.29) is 5.92 Å². The molecule has 2 aromatic carbocycles. The average molecular weight is 324 g/mol. The molecular formula is C20H24N2O2. The Bertz CT molecular complexity index is 810. The molecule has 0 amide bonds. The van der Waals surface area contributed by atoms with Crippen LogP contribution < -0.4 is 15.2 Å². The molecule has 1 heterocycles. The van der Waals surface area contributed by atoms with Crippen LogP contribution in [0.1, 0.15) is 24.0 Å². The van der Waals surface area contributed by atoms with E-state index in [2.05, 4.69) is 29.4 Å². The van der Waals surface area contributed by atoms with Gasteiger partial charge in [-0.25, -0.2) is 0 Å². The molecule has 1 unspecified atom stereocenters. The minimum absolute atomic E-state index is 0.239. The number of ether oxygens (including phenoxy) is 2. The predicted molar refractivity (Wildman–Crippen MR) is 98.0 cm³/mol. The number of rotatable bonds is 7. The van der Waals surface area contributed by atoms with Gasteiger partial charge in [0.1, 0.15) is 11.5 Å². The lowest BCUT2D eigenvalue weighted by Gasteiger charge is -2.15. The van der Waals surface area contributed by atoms with E-state index < -0.39 is 0 Å². The van der Waals surface area contributed by atoms with Crippen molar-refractivity contribution in [3.63, 3.8) is 0 Å². The largest absolute Gasteiger partial charge is 0.497 e. The molecule has 0 aliphatic heterocycles. The Hall–Kier alpha value is -2.46. The van der Waals surface area contributed by atoms with Crippen molar-refractivity contribution in [2.24, 2.45) is 5.73 Å². The zero-order valence-corrected chi connectivity index (χ0v) is 14.2. The lowest BCUT2D eigenvalue weighted by molar-refractivity contribution is 0.340. The van der Waals surface area contributed by atoms with E-state index in [9.17, 15) is 0 Å². The molecule has 3 N–H and O–H groups in total. The molecule has 1 aromatic heterocycles. The Morgan fingerprint density at radius 1 is 1.12 bits per heavy atom. The van der Waals surface area contributed by atoms with Gasteiger partial charge in [-0.3, -0.25) is 0 Å². The first kappa shape index (κ1) is 16.4. The lowest BCUT2D eigenvalue weighted by Crippen LogP contribution is -2.14. The fourth-order valence-corrected chi connectivity index (χ4v) is 3.12. The third-order valence-electron chi connectivity index (χ3n) is 4.34. The molecule has 3 rings (SSSR count). The molecule has 0 fully saturated rings. The van der Waals surface area contributed by atoms with E-state index in [1.54, 1.807) is 7.11 Å². The van der Waals surface area contributed by atoms with Crippen LogP contribution >= 0.6 is 0 Å². The minimum atomic E-state index is 0.239. The van der Waals surface area contributed by atoms with Crippen LogP contribution in [0.4, 0.5) is 0 Å². The summed E-state index contributed by atoms with van der Waals surface area (Å²) in [5.74, 6) is 2.01. The molecule has 0 bridgehead atoms. The molecule has 0 aliphatic rings. The fourth-order valence-electron chi connectivity index (χ4n) is 3.12. The minimum Gasteiger partial charge on any atom is -0.497 e. The van der Waals surface area contributed by atoms with E-state index in [0.29, 0.717) is 13.2 Å². The normalized spacial score (nSPS) is 12.3. The van der Waals surface area contributed by atoms with Gasteiger partial charge in [-0.1, -0.05) is 12.1 Å². The van der Waals surface area contributed by atoms with Gasteiger partial charge in [-0.15, -0.1) is 0 Å². The summed E-state index contributed by atoms with van der Waals surface area (Å²) in [6, 6.07) is 14.3. The summed E-state index contributed by atoms with van der Waals surface area (Å²) in [7, 11) is 1.69. The first-order chi connectivity index (χ1) is 11.7. The Morgan fingerprint density at radius 2 is 2.00 bits per heavy atom. The number of H-pyrrole nitrogens is 1. The maximum absolute atomic E-state index is 6.09. The maximum Gasteiger partial charge on any atom is 0.119 e. The van der Waals surface area contributed by atoms with Gasteiger partial charge in [0.25, 0.3) is 0 Å². The van der Waals surface area contributed by atoms with Crippen molar-refractivity contribution in [3.05, 3.63) is 59.8 Å². The first-order valence-electron chi connectivity index (χ1n) is 8.32. The van der Waals surface area contributed by atoms with Crippen molar-refractivity contribution < 1.29 is 9.47 Å². The van der Waals surface area contributed by atoms with Gasteiger partial charge < -0.3 is 20.2 Å². The van der Waals surface area contributed by atoms with Crippen molar-refractivity contribution in [2.45, 2.75) is 19.3 Å². The van der Waals surface area contributed by atoms with E-state index in [0.717, 1.165) is 23.4 Å². The highest BCUT2D eigenvalue weighted by atomic mass is 16.5. The van der Waals surface area contributed by atoms with E-state index in [1.165, 1.54) is 16.5 Å². The Kier molecular flexibility index (Phi) is 5.06. The number of methoxy groups -OCH3 is 1. The monoisotopic (exact) mass is 324 g/mol. The number of benzene rings is 2. The topological polar surface area (TPSA) is 60.3 Å². The zero-order chi connectivity index (χ0) is 16.9. The number of aromatic nitrogens is 1. The first-order valence-corrected chi connectivity index (χ1v) is 8.32. The quantitative estimate of drug-likeness (QED) is 0.694. The van der Waals surface area contributed by atoms with Crippen molar-refractivity contribution in [1.82, 2.24) is 4.98 Å². The molecule has 126 valence electrons. The summed E-state index contributed by atoms with van der Waals surface area (Å²) in [5.41, 5.74) is 9.66. The molecule has 24 heavy (non-hydrogen) atoms. The van der Waals surface area contributed by atoms with Crippen LogP contribution in [0.15, 0.2) is 48.7 Å². The number of fused-ring (bicyclic) bond motifs is 1. The SMILES string of the molecule is CCOc1cccc(CC(CN)c2c[nH]c3ccc(OC)cc23)c1. The highest BCUT2D eigenvalue weighted by Crippen LogP contribution is 2.31. The van der Waals surface area contributed by atoms with Crippen LogP contribution in [0.2, 0.25) is 0 Å². The highest BCUT2D eigenvalue weighted by molar-refractivity contribution is 5.85. The van der Waals surface area contributed by atoms with E-state index in [4.69, 9.17) is 15.2 Å². The second kappa shape index (κ2) is 7.41. The Balaban J connectivity index is 1.90. The van der Waals surface area contributed by atoms with Gasteiger partial charge in [-0.05, 0) is 61.3 Å². The van der Waals surface area contributed by atoms with Crippen LogP contribution in [0.25, 0.3) is 10.9 Å². The number of nitrogens with two attached hydrogens (primary N) is 1. The summed E-state index contributed by atoms with van der Waals surface area (Å²) >= 11 is 0. The number of aromatic amines is 1. The van der Waals surface area contributed by atoms with Crippen LogP contribution in [-0.4, -0.2) is 25.2 Å².